The van der Waals surface area contributed by atoms with Crippen LogP contribution >= 0.6 is 11.8 Å². The minimum absolute atomic E-state index is 0.0169. The largest absolute Gasteiger partial charge is 0.494 e. The number of nitrogens with zero attached hydrogens (tertiary/aromatic N) is 1. The highest BCUT2D eigenvalue weighted by Crippen LogP contribution is 2.27. The molecule has 2 aromatic rings. The first kappa shape index (κ1) is 24.1. The quantitative estimate of drug-likeness (QED) is 0.517. The molecule has 8 heteroatoms. The van der Waals surface area contributed by atoms with Gasteiger partial charge in [0.15, 0.2) is 0 Å². The van der Waals surface area contributed by atoms with Gasteiger partial charge in [-0.1, -0.05) is 13.8 Å². The molecular formula is C22H30N2O4S2. The lowest BCUT2D eigenvalue weighted by molar-refractivity contribution is -0.120. The Kier molecular flexibility index (Phi) is 9.05. The molecule has 6 nitrogen and oxygen atoms in total. The van der Waals surface area contributed by atoms with Crippen LogP contribution in [0.1, 0.15) is 33.6 Å². The average molecular weight is 451 g/mol. The lowest BCUT2D eigenvalue weighted by atomic mass is 10.2. The molecule has 0 fully saturated rings. The van der Waals surface area contributed by atoms with Gasteiger partial charge in [0.25, 0.3) is 10.0 Å². The van der Waals surface area contributed by atoms with E-state index in [0.717, 1.165) is 22.0 Å². The van der Waals surface area contributed by atoms with Gasteiger partial charge in [-0.2, -0.15) is 0 Å². The Labute approximate surface area is 184 Å². The van der Waals surface area contributed by atoms with Crippen molar-refractivity contribution in [2.24, 2.45) is 0 Å². The monoisotopic (exact) mass is 450 g/mol. The van der Waals surface area contributed by atoms with E-state index in [0.29, 0.717) is 18.0 Å². The van der Waals surface area contributed by atoms with Gasteiger partial charge in [0.1, 0.15) is 12.3 Å². The van der Waals surface area contributed by atoms with Crippen molar-refractivity contribution in [3.05, 3.63) is 48.5 Å². The molecule has 0 aliphatic rings. The zero-order valence-electron chi connectivity index (χ0n) is 17.9. The topological polar surface area (TPSA) is 75.7 Å². The lowest BCUT2D eigenvalue weighted by Gasteiger charge is -2.25. The van der Waals surface area contributed by atoms with Crippen LogP contribution in [0.25, 0.3) is 0 Å². The third-order valence-electron chi connectivity index (χ3n) is 4.72. The zero-order chi connectivity index (χ0) is 22.1. The van der Waals surface area contributed by atoms with E-state index in [9.17, 15) is 13.2 Å². The van der Waals surface area contributed by atoms with Crippen LogP contribution < -0.4 is 14.4 Å². The number of carbonyl (C=O) groups excluding carboxylic acids is 1. The van der Waals surface area contributed by atoms with Gasteiger partial charge in [-0.05, 0) is 74.6 Å². The van der Waals surface area contributed by atoms with E-state index in [2.05, 4.69) is 5.32 Å². The highest BCUT2D eigenvalue weighted by molar-refractivity contribution is 7.98. The van der Waals surface area contributed by atoms with Crippen molar-refractivity contribution in [1.29, 1.82) is 0 Å². The van der Waals surface area contributed by atoms with Gasteiger partial charge in [0.05, 0.1) is 17.2 Å². The van der Waals surface area contributed by atoms with E-state index in [-0.39, 0.29) is 23.4 Å². The Bertz CT molecular complexity index is 909. The predicted octanol–water partition coefficient (Wildman–Crippen LogP) is 4.31. The zero-order valence-corrected chi connectivity index (χ0v) is 19.6. The number of hydrogen-bond donors (Lipinski definition) is 1. The number of anilines is 1. The number of sulfonamides is 1. The molecule has 30 heavy (non-hydrogen) atoms. The Morgan fingerprint density at radius 2 is 1.63 bits per heavy atom. The molecule has 0 spiro atoms. The molecule has 0 bridgehead atoms. The number of carbonyl (C=O) groups is 1. The molecule has 0 saturated heterocycles. The second-order valence-electron chi connectivity index (χ2n) is 6.70. The predicted molar refractivity (Wildman–Crippen MR) is 123 cm³/mol. The standard InChI is InChI=1S/C22H30N2O4S2/c1-5-17(6-2)23-22(25)16-24(18-8-10-19(11-9-18)28-7-3)30(26,27)21-14-12-20(29-4)13-15-21/h8-15,17H,5-7,16H2,1-4H3,(H,23,25). The van der Waals surface area contributed by atoms with Gasteiger partial charge in [-0.25, -0.2) is 8.42 Å². The second-order valence-corrected chi connectivity index (χ2v) is 9.44. The lowest BCUT2D eigenvalue weighted by Crippen LogP contribution is -2.44. The summed E-state index contributed by atoms with van der Waals surface area (Å²) in [7, 11) is -3.93. The van der Waals surface area contributed by atoms with Crippen LogP contribution in [0.15, 0.2) is 58.3 Å². The van der Waals surface area contributed by atoms with Gasteiger partial charge in [0, 0.05) is 10.9 Å². The molecule has 1 amide bonds. The number of amides is 1. The minimum atomic E-state index is -3.93. The van der Waals surface area contributed by atoms with E-state index in [1.54, 1.807) is 48.5 Å². The Morgan fingerprint density at radius 1 is 1.03 bits per heavy atom. The minimum Gasteiger partial charge on any atom is -0.494 e. The molecule has 2 aromatic carbocycles. The fourth-order valence-corrected chi connectivity index (χ4v) is 4.79. The summed E-state index contributed by atoms with van der Waals surface area (Å²) < 4.78 is 33.4. The number of benzene rings is 2. The first-order valence-corrected chi connectivity index (χ1v) is 12.7. The summed E-state index contributed by atoms with van der Waals surface area (Å²) in [6.07, 6.45) is 3.50. The summed E-state index contributed by atoms with van der Waals surface area (Å²) in [6.45, 7) is 6.08. The number of ether oxygens (including phenoxy) is 1. The molecule has 0 unspecified atom stereocenters. The van der Waals surface area contributed by atoms with Crippen LogP contribution in [-0.4, -0.2) is 39.8 Å². The van der Waals surface area contributed by atoms with E-state index in [1.165, 1.54) is 11.8 Å². The molecule has 0 aliphatic carbocycles. The summed E-state index contributed by atoms with van der Waals surface area (Å²) in [5.74, 6) is 0.311. The maximum atomic E-state index is 13.4. The summed E-state index contributed by atoms with van der Waals surface area (Å²) >= 11 is 1.54. The molecule has 0 atom stereocenters. The van der Waals surface area contributed by atoms with E-state index in [1.807, 2.05) is 27.0 Å². The normalized spacial score (nSPS) is 11.4. The Morgan fingerprint density at radius 3 is 2.13 bits per heavy atom. The average Bonchev–Trinajstić information content (AvgIpc) is 2.76. The van der Waals surface area contributed by atoms with E-state index >= 15 is 0 Å². The second kappa shape index (κ2) is 11.3. The summed E-state index contributed by atoms with van der Waals surface area (Å²) in [6, 6.07) is 13.4. The fourth-order valence-electron chi connectivity index (χ4n) is 2.96. The van der Waals surface area contributed by atoms with Crippen molar-refractivity contribution in [1.82, 2.24) is 5.32 Å². The number of hydrogen-bond acceptors (Lipinski definition) is 5. The van der Waals surface area contributed by atoms with Crippen molar-refractivity contribution in [2.75, 3.05) is 23.7 Å². The maximum Gasteiger partial charge on any atom is 0.264 e. The third-order valence-corrected chi connectivity index (χ3v) is 7.25. The van der Waals surface area contributed by atoms with Gasteiger partial charge < -0.3 is 10.1 Å². The first-order chi connectivity index (χ1) is 14.3. The summed E-state index contributed by atoms with van der Waals surface area (Å²) in [5.41, 5.74) is 0.409. The summed E-state index contributed by atoms with van der Waals surface area (Å²) in [4.78, 5) is 13.8. The molecule has 0 aliphatic heterocycles. The third kappa shape index (κ3) is 6.15. The molecular weight excluding hydrogens is 420 g/mol. The SMILES string of the molecule is CCOc1ccc(N(CC(=O)NC(CC)CC)S(=O)(=O)c2ccc(SC)cc2)cc1. The van der Waals surface area contributed by atoms with Crippen molar-refractivity contribution in [3.8, 4) is 5.75 Å². The Hall–Kier alpha value is -2.19. The van der Waals surface area contributed by atoms with Crippen LogP contribution in [0.3, 0.4) is 0 Å². The Balaban J connectivity index is 2.39. The fraction of sp³-hybridized carbons (Fsp3) is 0.409. The van der Waals surface area contributed by atoms with Crippen LogP contribution in [0.5, 0.6) is 5.75 Å². The van der Waals surface area contributed by atoms with Crippen molar-refractivity contribution >= 4 is 33.4 Å². The maximum absolute atomic E-state index is 13.4. The smallest absolute Gasteiger partial charge is 0.264 e. The molecule has 2 rings (SSSR count). The molecule has 0 aromatic heterocycles. The van der Waals surface area contributed by atoms with Gasteiger partial charge >= 0.3 is 0 Å². The molecule has 164 valence electrons. The highest BCUT2D eigenvalue weighted by Gasteiger charge is 2.27. The molecule has 0 heterocycles. The van der Waals surface area contributed by atoms with Crippen LogP contribution in [0.4, 0.5) is 5.69 Å². The molecule has 0 radical (unpaired) electrons. The van der Waals surface area contributed by atoms with Crippen molar-refractivity contribution in [2.45, 2.75) is 49.4 Å². The van der Waals surface area contributed by atoms with Crippen molar-refractivity contribution < 1.29 is 17.9 Å². The molecule has 0 saturated carbocycles. The van der Waals surface area contributed by atoms with Gasteiger partial charge in [-0.3, -0.25) is 9.10 Å². The van der Waals surface area contributed by atoms with E-state index < -0.39 is 10.0 Å². The van der Waals surface area contributed by atoms with Crippen LogP contribution in [0.2, 0.25) is 0 Å². The van der Waals surface area contributed by atoms with Crippen LogP contribution in [0, 0.1) is 0 Å². The molecule has 1 N–H and O–H groups in total. The van der Waals surface area contributed by atoms with Crippen LogP contribution in [-0.2, 0) is 14.8 Å². The van der Waals surface area contributed by atoms with Crippen molar-refractivity contribution in [3.63, 3.8) is 0 Å². The van der Waals surface area contributed by atoms with Gasteiger partial charge in [-0.15, -0.1) is 11.8 Å². The van der Waals surface area contributed by atoms with E-state index in [4.69, 9.17) is 4.74 Å². The number of thioether (sulfide) groups is 1. The number of nitrogens with one attached hydrogen (secondary N) is 1. The number of rotatable bonds is 11. The van der Waals surface area contributed by atoms with Gasteiger partial charge in [0.2, 0.25) is 5.91 Å². The summed E-state index contributed by atoms with van der Waals surface area (Å²) in [5, 5.41) is 2.92. The first-order valence-electron chi connectivity index (χ1n) is 10.0. The highest BCUT2D eigenvalue weighted by atomic mass is 32.2.